The molecule has 3 rings (SSSR count). The van der Waals surface area contributed by atoms with Crippen LogP contribution in [0.4, 0.5) is 10.6 Å². The second-order valence-corrected chi connectivity index (χ2v) is 7.98. The third kappa shape index (κ3) is 4.87. The predicted molar refractivity (Wildman–Crippen MR) is 112 cm³/mol. The maximum absolute atomic E-state index is 12.8. The second-order valence-electron chi connectivity index (χ2n) is 7.17. The van der Waals surface area contributed by atoms with Gasteiger partial charge in [0.1, 0.15) is 5.82 Å². The molecule has 0 saturated heterocycles. The molecule has 1 aliphatic rings. The minimum absolute atomic E-state index is 0.231. The fraction of sp³-hybridized carbons (Fsp3) is 0.400. The van der Waals surface area contributed by atoms with E-state index in [0.29, 0.717) is 28.7 Å². The number of urea groups is 1. The largest absolute Gasteiger partial charge is 0.394 e. The lowest BCUT2D eigenvalue weighted by Crippen LogP contribution is -2.44. The first kappa shape index (κ1) is 20.7. The van der Waals surface area contributed by atoms with Crippen LogP contribution in [-0.4, -0.2) is 40.2 Å². The fourth-order valence-corrected chi connectivity index (χ4v) is 3.50. The molecule has 2 heterocycles. The standard InChI is InChI=1S/C20H24Cl2N4O2/c1-12(2)24-19-8-15-10-26(6-5-14(15)9-23-19)20(28)25-18(11-27)13-3-4-16(21)17(22)7-13/h3-4,7-9,12,18,27H,5-6,10-11H2,1-2H3,(H,23,24)(H,25,28)/t18-/m1/s1. The first-order valence-corrected chi connectivity index (χ1v) is 9.98. The van der Waals surface area contributed by atoms with Crippen LogP contribution in [-0.2, 0) is 13.0 Å². The molecule has 1 aliphatic heterocycles. The summed E-state index contributed by atoms with van der Waals surface area (Å²) in [7, 11) is 0. The van der Waals surface area contributed by atoms with Crippen molar-refractivity contribution in [1.29, 1.82) is 0 Å². The Labute approximate surface area is 174 Å². The van der Waals surface area contributed by atoms with Crippen LogP contribution in [0, 0.1) is 0 Å². The van der Waals surface area contributed by atoms with Crippen molar-refractivity contribution in [2.24, 2.45) is 0 Å². The van der Waals surface area contributed by atoms with Crippen LogP contribution in [0.2, 0.25) is 10.0 Å². The zero-order valence-electron chi connectivity index (χ0n) is 15.9. The number of carbonyl (C=O) groups is 1. The first-order chi connectivity index (χ1) is 13.4. The highest BCUT2D eigenvalue weighted by Crippen LogP contribution is 2.26. The van der Waals surface area contributed by atoms with E-state index in [1.807, 2.05) is 12.3 Å². The first-order valence-electron chi connectivity index (χ1n) is 9.23. The summed E-state index contributed by atoms with van der Waals surface area (Å²) in [5.41, 5.74) is 2.94. The fourth-order valence-electron chi connectivity index (χ4n) is 3.19. The van der Waals surface area contributed by atoms with Crippen molar-refractivity contribution in [2.45, 2.75) is 38.9 Å². The second kappa shape index (κ2) is 8.99. The van der Waals surface area contributed by atoms with Gasteiger partial charge in [0.2, 0.25) is 0 Å². The third-order valence-corrected chi connectivity index (χ3v) is 5.38. The lowest BCUT2D eigenvalue weighted by molar-refractivity contribution is 0.177. The Kier molecular flexibility index (Phi) is 6.65. The number of pyridine rings is 1. The minimum atomic E-state index is -0.556. The van der Waals surface area contributed by atoms with Crippen molar-refractivity contribution in [2.75, 3.05) is 18.5 Å². The van der Waals surface area contributed by atoms with Gasteiger partial charge in [0.25, 0.3) is 0 Å². The Hall–Kier alpha value is -2.02. The van der Waals surface area contributed by atoms with Crippen molar-refractivity contribution in [3.05, 3.63) is 57.2 Å². The van der Waals surface area contributed by atoms with Gasteiger partial charge in [-0.25, -0.2) is 9.78 Å². The monoisotopic (exact) mass is 422 g/mol. The van der Waals surface area contributed by atoms with Gasteiger partial charge in [0, 0.05) is 25.3 Å². The number of benzene rings is 1. The molecule has 0 unspecified atom stereocenters. The van der Waals surface area contributed by atoms with Gasteiger partial charge in [-0.05, 0) is 55.2 Å². The van der Waals surface area contributed by atoms with E-state index in [1.54, 1.807) is 23.1 Å². The Morgan fingerprint density at radius 2 is 2.04 bits per heavy atom. The number of aliphatic hydroxyl groups excluding tert-OH is 1. The molecule has 0 saturated carbocycles. The maximum Gasteiger partial charge on any atom is 0.318 e. The molecule has 1 aromatic heterocycles. The van der Waals surface area contributed by atoms with E-state index >= 15 is 0 Å². The number of amides is 2. The number of fused-ring (bicyclic) bond motifs is 1. The van der Waals surface area contributed by atoms with Crippen molar-refractivity contribution in [3.8, 4) is 0 Å². The van der Waals surface area contributed by atoms with Gasteiger partial charge < -0.3 is 20.6 Å². The van der Waals surface area contributed by atoms with E-state index in [2.05, 4.69) is 29.5 Å². The van der Waals surface area contributed by atoms with Gasteiger partial charge in [-0.2, -0.15) is 0 Å². The number of nitrogens with one attached hydrogen (secondary N) is 2. The van der Waals surface area contributed by atoms with E-state index in [-0.39, 0.29) is 18.7 Å². The van der Waals surface area contributed by atoms with Gasteiger partial charge in [0.05, 0.1) is 22.7 Å². The smallest absolute Gasteiger partial charge is 0.318 e. The topological polar surface area (TPSA) is 77.5 Å². The number of hydrogen-bond donors (Lipinski definition) is 3. The molecule has 6 nitrogen and oxygen atoms in total. The molecule has 0 radical (unpaired) electrons. The zero-order chi connectivity index (χ0) is 20.3. The lowest BCUT2D eigenvalue weighted by atomic mass is 10.0. The lowest BCUT2D eigenvalue weighted by Gasteiger charge is -2.31. The van der Waals surface area contributed by atoms with Crippen LogP contribution >= 0.6 is 23.2 Å². The van der Waals surface area contributed by atoms with Crippen LogP contribution in [0.3, 0.4) is 0 Å². The van der Waals surface area contributed by atoms with Crippen LogP contribution in [0.15, 0.2) is 30.5 Å². The Morgan fingerprint density at radius 1 is 1.25 bits per heavy atom. The van der Waals surface area contributed by atoms with E-state index in [0.717, 1.165) is 23.4 Å². The van der Waals surface area contributed by atoms with Gasteiger partial charge in [-0.3, -0.25) is 0 Å². The molecule has 0 aliphatic carbocycles. The number of aliphatic hydroxyl groups is 1. The van der Waals surface area contributed by atoms with E-state index in [9.17, 15) is 9.90 Å². The molecule has 1 aromatic carbocycles. The number of halogens is 2. The van der Waals surface area contributed by atoms with E-state index < -0.39 is 6.04 Å². The molecule has 1 atom stereocenters. The van der Waals surface area contributed by atoms with Crippen molar-refractivity contribution >= 4 is 35.1 Å². The van der Waals surface area contributed by atoms with Gasteiger partial charge in [-0.1, -0.05) is 29.3 Å². The van der Waals surface area contributed by atoms with Gasteiger partial charge in [-0.15, -0.1) is 0 Å². The van der Waals surface area contributed by atoms with Gasteiger partial charge in [0.15, 0.2) is 0 Å². The maximum atomic E-state index is 12.8. The minimum Gasteiger partial charge on any atom is -0.394 e. The number of rotatable bonds is 5. The molecule has 2 aromatic rings. The summed E-state index contributed by atoms with van der Waals surface area (Å²) in [6, 6.07) is 6.55. The summed E-state index contributed by atoms with van der Waals surface area (Å²) >= 11 is 12.0. The number of anilines is 1. The van der Waals surface area contributed by atoms with Crippen molar-refractivity contribution in [1.82, 2.24) is 15.2 Å². The quantitative estimate of drug-likeness (QED) is 0.679. The Morgan fingerprint density at radius 3 is 2.71 bits per heavy atom. The van der Waals surface area contributed by atoms with E-state index in [4.69, 9.17) is 23.2 Å². The SMILES string of the molecule is CC(C)Nc1cc2c(cn1)CCN(C(=O)N[C@H](CO)c1ccc(Cl)c(Cl)c1)C2. The molecule has 150 valence electrons. The molecule has 0 spiro atoms. The van der Waals surface area contributed by atoms with Crippen LogP contribution in [0.25, 0.3) is 0 Å². The van der Waals surface area contributed by atoms with Crippen molar-refractivity contribution < 1.29 is 9.90 Å². The zero-order valence-corrected chi connectivity index (χ0v) is 17.4. The Bertz CT molecular complexity index is 860. The molecular weight excluding hydrogens is 399 g/mol. The summed E-state index contributed by atoms with van der Waals surface area (Å²) in [4.78, 5) is 18.9. The molecule has 0 fully saturated rings. The molecule has 3 N–H and O–H groups in total. The highest BCUT2D eigenvalue weighted by molar-refractivity contribution is 6.42. The average molecular weight is 423 g/mol. The van der Waals surface area contributed by atoms with E-state index in [1.165, 1.54) is 0 Å². The van der Waals surface area contributed by atoms with Crippen LogP contribution < -0.4 is 10.6 Å². The normalized spacial score (nSPS) is 14.6. The molecule has 8 heteroatoms. The predicted octanol–water partition coefficient (Wildman–Crippen LogP) is 4.01. The Balaban J connectivity index is 1.70. The highest BCUT2D eigenvalue weighted by atomic mass is 35.5. The molecule has 28 heavy (non-hydrogen) atoms. The number of hydrogen-bond acceptors (Lipinski definition) is 4. The van der Waals surface area contributed by atoms with Crippen LogP contribution in [0.5, 0.6) is 0 Å². The third-order valence-electron chi connectivity index (χ3n) is 4.65. The average Bonchev–Trinajstić information content (AvgIpc) is 2.67. The summed E-state index contributed by atoms with van der Waals surface area (Å²) in [5, 5.41) is 16.7. The summed E-state index contributed by atoms with van der Waals surface area (Å²) in [6.07, 6.45) is 2.62. The number of nitrogens with zero attached hydrogens (tertiary/aromatic N) is 2. The molecular formula is C20H24Cl2N4O2. The van der Waals surface area contributed by atoms with Crippen molar-refractivity contribution in [3.63, 3.8) is 0 Å². The van der Waals surface area contributed by atoms with Gasteiger partial charge >= 0.3 is 6.03 Å². The highest BCUT2D eigenvalue weighted by Gasteiger charge is 2.24. The number of carbonyl (C=O) groups excluding carboxylic acids is 1. The summed E-state index contributed by atoms with van der Waals surface area (Å²) in [5.74, 6) is 0.806. The summed E-state index contributed by atoms with van der Waals surface area (Å²) in [6.45, 7) is 4.96. The van der Waals surface area contributed by atoms with Crippen LogP contribution in [0.1, 0.15) is 36.6 Å². The molecule has 0 bridgehead atoms. The number of aromatic nitrogens is 1. The molecule has 2 amide bonds. The summed E-state index contributed by atoms with van der Waals surface area (Å²) < 4.78 is 0.